The van der Waals surface area contributed by atoms with Gasteiger partial charge in [0.05, 0.1) is 19.3 Å². The van der Waals surface area contributed by atoms with E-state index >= 15 is 0 Å². The van der Waals surface area contributed by atoms with Crippen LogP contribution in [0.25, 0.3) is 0 Å². The van der Waals surface area contributed by atoms with E-state index in [4.69, 9.17) is 9.84 Å². The van der Waals surface area contributed by atoms with Crippen LogP contribution >= 0.6 is 0 Å². The van der Waals surface area contributed by atoms with Crippen molar-refractivity contribution in [3.63, 3.8) is 0 Å². The standard InChI is InChI=1S/C14H21NO4/c1-2-3-8-19-14(18)13-7-5-11(9-15-13)4-6-12(17)10-16/h5,7,9,12,16-17H,2-4,6,8,10H2,1H3. The van der Waals surface area contributed by atoms with Gasteiger partial charge in [-0.3, -0.25) is 0 Å². The van der Waals surface area contributed by atoms with Crippen LogP contribution < -0.4 is 0 Å². The van der Waals surface area contributed by atoms with E-state index in [2.05, 4.69) is 4.98 Å². The number of pyridine rings is 1. The molecule has 0 aliphatic rings. The van der Waals surface area contributed by atoms with Gasteiger partial charge >= 0.3 is 5.97 Å². The lowest BCUT2D eigenvalue weighted by Crippen LogP contribution is -2.13. The number of hydrogen-bond donors (Lipinski definition) is 2. The van der Waals surface area contributed by atoms with Gasteiger partial charge in [-0.25, -0.2) is 9.78 Å². The van der Waals surface area contributed by atoms with Gasteiger partial charge in [-0.15, -0.1) is 0 Å². The Kier molecular flexibility index (Phi) is 7.07. The fourth-order valence-electron chi connectivity index (χ4n) is 1.50. The Morgan fingerprint density at radius 2 is 2.26 bits per heavy atom. The summed E-state index contributed by atoms with van der Waals surface area (Å²) in [5, 5.41) is 17.9. The first-order valence-corrected chi connectivity index (χ1v) is 6.58. The molecule has 0 radical (unpaired) electrons. The number of rotatable bonds is 8. The van der Waals surface area contributed by atoms with Gasteiger partial charge in [0.2, 0.25) is 0 Å². The second-order valence-electron chi connectivity index (χ2n) is 4.42. The van der Waals surface area contributed by atoms with Crippen LogP contribution in [-0.2, 0) is 11.2 Å². The monoisotopic (exact) mass is 267 g/mol. The molecule has 0 aliphatic heterocycles. The number of aromatic nitrogens is 1. The average molecular weight is 267 g/mol. The Bertz CT molecular complexity index is 378. The molecule has 0 bridgehead atoms. The number of carbonyl (C=O) groups is 1. The second-order valence-corrected chi connectivity index (χ2v) is 4.42. The number of aryl methyl sites for hydroxylation is 1. The topological polar surface area (TPSA) is 79.7 Å². The minimum absolute atomic E-state index is 0.241. The number of aliphatic hydroxyl groups is 2. The zero-order valence-electron chi connectivity index (χ0n) is 11.2. The maximum atomic E-state index is 11.6. The van der Waals surface area contributed by atoms with Crippen LogP contribution in [0.4, 0.5) is 0 Å². The van der Waals surface area contributed by atoms with Crippen molar-refractivity contribution >= 4 is 5.97 Å². The first-order valence-electron chi connectivity index (χ1n) is 6.58. The van der Waals surface area contributed by atoms with Gasteiger partial charge in [0, 0.05) is 6.20 Å². The smallest absolute Gasteiger partial charge is 0.356 e. The molecule has 0 amide bonds. The van der Waals surface area contributed by atoms with E-state index in [9.17, 15) is 9.90 Å². The summed E-state index contributed by atoms with van der Waals surface area (Å²) in [5.41, 5.74) is 1.21. The molecule has 0 spiro atoms. The maximum Gasteiger partial charge on any atom is 0.356 e. The molecular weight excluding hydrogens is 246 g/mol. The lowest BCUT2D eigenvalue weighted by atomic mass is 10.1. The summed E-state index contributed by atoms with van der Waals surface area (Å²) in [5.74, 6) is -0.407. The highest BCUT2D eigenvalue weighted by molar-refractivity contribution is 5.87. The van der Waals surface area contributed by atoms with E-state index in [0.29, 0.717) is 25.1 Å². The number of hydrogen-bond acceptors (Lipinski definition) is 5. The number of carbonyl (C=O) groups excluding carboxylic acids is 1. The van der Waals surface area contributed by atoms with E-state index in [0.717, 1.165) is 18.4 Å². The van der Waals surface area contributed by atoms with Gasteiger partial charge in [0.1, 0.15) is 5.69 Å². The van der Waals surface area contributed by atoms with Gasteiger partial charge in [0.15, 0.2) is 0 Å². The molecule has 0 aromatic carbocycles. The third kappa shape index (κ3) is 5.81. The summed E-state index contributed by atoms with van der Waals surface area (Å²) in [7, 11) is 0. The minimum Gasteiger partial charge on any atom is -0.461 e. The first-order chi connectivity index (χ1) is 9.17. The van der Waals surface area contributed by atoms with E-state index in [1.165, 1.54) is 0 Å². The van der Waals surface area contributed by atoms with Gasteiger partial charge in [-0.1, -0.05) is 19.4 Å². The molecule has 5 heteroatoms. The lowest BCUT2D eigenvalue weighted by molar-refractivity contribution is 0.0492. The summed E-state index contributed by atoms with van der Waals surface area (Å²) < 4.78 is 5.05. The molecular formula is C14H21NO4. The Morgan fingerprint density at radius 3 is 2.84 bits per heavy atom. The molecule has 1 atom stereocenters. The third-order valence-corrected chi connectivity index (χ3v) is 2.74. The molecule has 1 unspecified atom stereocenters. The van der Waals surface area contributed by atoms with Crippen molar-refractivity contribution in [1.29, 1.82) is 0 Å². The van der Waals surface area contributed by atoms with Crippen molar-refractivity contribution < 1.29 is 19.7 Å². The zero-order valence-corrected chi connectivity index (χ0v) is 11.2. The van der Waals surface area contributed by atoms with Crippen molar-refractivity contribution in [3.8, 4) is 0 Å². The fourth-order valence-corrected chi connectivity index (χ4v) is 1.50. The number of ether oxygens (including phenoxy) is 1. The van der Waals surface area contributed by atoms with Crippen LogP contribution in [0, 0.1) is 0 Å². The zero-order chi connectivity index (χ0) is 14.1. The van der Waals surface area contributed by atoms with E-state index < -0.39 is 12.1 Å². The molecule has 1 aromatic rings. The van der Waals surface area contributed by atoms with Crippen molar-refractivity contribution in [2.75, 3.05) is 13.2 Å². The highest BCUT2D eigenvalue weighted by atomic mass is 16.5. The fraction of sp³-hybridized carbons (Fsp3) is 0.571. The molecule has 1 heterocycles. The summed E-state index contributed by atoms with van der Waals surface area (Å²) in [6.07, 6.45) is 3.80. The summed E-state index contributed by atoms with van der Waals surface area (Å²) in [6, 6.07) is 3.41. The van der Waals surface area contributed by atoms with Crippen LogP contribution in [0.5, 0.6) is 0 Å². The highest BCUT2D eigenvalue weighted by Crippen LogP contribution is 2.06. The number of nitrogens with zero attached hydrogens (tertiary/aromatic N) is 1. The molecule has 0 aliphatic carbocycles. The molecule has 19 heavy (non-hydrogen) atoms. The second kappa shape index (κ2) is 8.61. The van der Waals surface area contributed by atoms with Crippen LogP contribution in [0.15, 0.2) is 18.3 Å². The van der Waals surface area contributed by atoms with Crippen molar-refractivity contribution in [1.82, 2.24) is 4.98 Å². The van der Waals surface area contributed by atoms with Gasteiger partial charge in [-0.05, 0) is 30.9 Å². The van der Waals surface area contributed by atoms with Crippen LogP contribution in [0.1, 0.15) is 42.2 Å². The molecule has 0 saturated carbocycles. The molecule has 1 rings (SSSR count). The van der Waals surface area contributed by atoms with E-state index in [1.54, 1.807) is 18.3 Å². The molecule has 0 fully saturated rings. The predicted molar refractivity (Wildman–Crippen MR) is 70.8 cm³/mol. The Hall–Kier alpha value is -1.46. The Labute approximate surface area is 113 Å². The van der Waals surface area contributed by atoms with Crippen molar-refractivity contribution in [2.45, 2.75) is 38.7 Å². The number of unbranched alkanes of at least 4 members (excludes halogenated alkanes) is 1. The van der Waals surface area contributed by atoms with Gasteiger partial charge in [-0.2, -0.15) is 0 Å². The van der Waals surface area contributed by atoms with Crippen LogP contribution in [-0.4, -0.2) is 40.5 Å². The Balaban J connectivity index is 2.44. The van der Waals surface area contributed by atoms with Crippen LogP contribution in [0.2, 0.25) is 0 Å². The molecule has 106 valence electrons. The SMILES string of the molecule is CCCCOC(=O)c1ccc(CCC(O)CO)cn1. The normalized spacial score (nSPS) is 12.2. The third-order valence-electron chi connectivity index (χ3n) is 2.74. The van der Waals surface area contributed by atoms with Gasteiger partial charge < -0.3 is 14.9 Å². The molecule has 5 nitrogen and oxygen atoms in total. The quantitative estimate of drug-likeness (QED) is 0.548. The average Bonchev–Trinajstić information content (AvgIpc) is 2.45. The predicted octanol–water partition coefficient (Wildman–Crippen LogP) is 1.32. The minimum atomic E-state index is -0.710. The van der Waals surface area contributed by atoms with Crippen molar-refractivity contribution in [3.05, 3.63) is 29.6 Å². The number of aliphatic hydroxyl groups excluding tert-OH is 2. The molecule has 2 N–H and O–H groups in total. The van der Waals surface area contributed by atoms with Crippen molar-refractivity contribution in [2.24, 2.45) is 0 Å². The molecule has 0 saturated heterocycles. The number of esters is 1. The molecule has 1 aromatic heterocycles. The van der Waals surface area contributed by atoms with E-state index in [-0.39, 0.29) is 6.61 Å². The highest BCUT2D eigenvalue weighted by Gasteiger charge is 2.09. The summed E-state index contributed by atoms with van der Waals surface area (Å²) in [4.78, 5) is 15.6. The first kappa shape index (κ1) is 15.6. The largest absolute Gasteiger partial charge is 0.461 e. The van der Waals surface area contributed by atoms with E-state index in [1.807, 2.05) is 6.92 Å². The maximum absolute atomic E-state index is 11.6. The summed E-state index contributed by atoms with van der Waals surface area (Å²) >= 11 is 0. The lowest BCUT2D eigenvalue weighted by Gasteiger charge is -2.07. The Morgan fingerprint density at radius 1 is 1.47 bits per heavy atom. The van der Waals surface area contributed by atoms with Gasteiger partial charge in [0.25, 0.3) is 0 Å². The van der Waals surface area contributed by atoms with Crippen LogP contribution in [0.3, 0.4) is 0 Å². The summed E-state index contributed by atoms with van der Waals surface area (Å²) in [6.45, 7) is 2.21.